The zero-order valence-corrected chi connectivity index (χ0v) is 11.2. The third-order valence-electron chi connectivity index (χ3n) is 3.93. The zero-order chi connectivity index (χ0) is 13.2. The predicted octanol–water partition coefficient (Wildman–Crippen LogP) is 3.81. The van der Waals surface area contributed by atoms with Gasteiger partial charge in [-0.05, 0) is 43.4 Å². The van der Waals surface area contributed by atoms with Gasteiger partial charge in [0.2, 0.25) is 0 Å². The first-order chi connectivity index (χ1) is 9.31. The highest BCUT2D eigenvalue weighted by Gasteiger charge is 2.17. The molecule has 0 unspecified atom stereocenters. The van der Waals surface area contributed by atoms with Crippen LogP contribution in [0.2, 0.25) is 0 Å². The third kappa shape index (κ3) is 2.04. The smallest absolute Gasteiger partial charge is 0.151 e. The molecule has 3 heteroatoms. The second kappa shape index (κ2) is 4.89. The molecule has 1 aliphatic rings. The van der Waals surface area contributed by atoms with Crippen molar-refractivity contribution in [2.24, 2.45) is 7.05 Å². The number of nitriles is 1. The van der Waals surface area contributed by atoms with Gasteiger partial charge in [0, 0.05) is 7.05 Å². The fraction of sp³-hybridized carbons (Fsp3) is 0.375. The van der Waals surface area contributed by atoms with Crippen LogP contribution in [0, 0.1) is 11.3 Å². The summed E-state index contributed by atoms with van der Waals surface area (Å²) in [6.07, 6.45) is 5.78. The molecule has 0 atom stereocenters. The monoisotopic (exact) mass is 251 g/mol. The molecule has 96 valence electrons. The molecule has 2 aromatic rings. The van der Waals surface area contributed by atoms with Crippen molar-refractivity contribution in [1.29, 1.82) is 5.26 Å². The topological polar surface area (TPSA) is 41.6 Å². The Labute approximate surface area is 113 Å². The minimum Gasteiger partial charge on any atom is -0.327 e. The van der Waals surface area contributed by atoms with Crippen molar-refractivity contribution in [2.45, 2.75) is 32.1 Å². The summed E-state index contributed by atoms with van der Waals surface area (Å²) in [5.74, 6) is 0.820. The molecule has 0 saturated heterocycles. The van der Waals surface area contributed by atoms with Crippen LogP contribution >= 0.6 is 0 Å². The van der Waals surface area contributed by atoms with Gasteiger partial charge in [0.15, 0.2) is 5.82 Å². The molecular weight excluding hydrogens is 234 g/mol. The van der Waals surface area contributed by atoms with Crippen LogP contribution in [-0.4, -0.2) is 9.55 Å². The Morgan fingerprint density at radius 2 is 1.95 bits per heavy atom. The van der Waals surface area contributed by atoms with E-state index >= 15 is 0 Å². The first-order valence-electron chi connectivity index (χ1n) is 6.85. The molecule has 0 radical (unpaired) electrons. The van der Waals surface area contributed by atoms with Crippen molar-refractivity contribution in [1.82, 2.24) is 9.55 Å². The third-order valence-corrected chi connectivity index (χ3v) is 3.93. The summed E-state index contributed by atoms with van der Waals surface area (Å²) >= 11 is 0. The molecule has 1 saturated carbocycles. The van der Waals surface area contributed by atoms with E-state index in [-0.39, 0.29) is 0 Å². The average molecular weight is 251 g/mol. The number of hydrogen-bond acceptors (Lipinski definition) is 2. The predicted molar refractivity (Wildman–Crippen MR) is 76.3 cm³/mol. The summed E-state index contributed by atoms with van der Waals surface area (Å²) in [5, 5.41) is 9.52. The Morgan fingerprint density at radius 1 is 1.21 bits per heavy atom. The fourth-order valence-corrected chi connectivity index (χ4v) is 2.88. The number of imidazole rings is 1. The van der Waals surface area contributed by atoms with E-state index in [9.17, 15) is 5.26 Å². The van der Waals surface area contributed by atoms with Gasteiger partial charge in [-0.25, -0.2) is 4.98 Å². The number of para-hydroxylation sites is 2. The van der Waals surface area contributed by atoms with Crippen LogP contribution in [0.5, 0.6) is 0 Å². The van der Waals surface area contributed by atoms with Gasteiger partial charge in [-0.3, -0.25) is 0 Å². The van der Waals surface area contributed by atoms with Crippen LogP contribution in [-0.2, 0) is 7.05 Å². The molecule has 0 amide bonds. The minimum atomic E-state index is 0.790. The van der Waals surface area contributed by atoms with Gasteiger partial charge in [0.05, 0.1) is 16.6 Å². The lowest BCUT2D eigenvalue weighted by Crippen LogP contribution is -2.02. The molecule has 1 aromatic carbocycles. The molecule has 1 fully saturated rings. The Kier molecular flexibility index (Phi) is 3.08. The highest BCUT2D eigenvalue weighted by Crippen LogP contribution is 2.31. The van der Waals surface area contributed by atoms with E-state index in [0.29, 0.717) is 0 Å². The summed E-state index contributed by atoms with van der Waals surface area (Å²) < 4.78 is 2.04. The average Bonchev–Trinajstić information content (AvgIpc) is 2.79. The summed E-state index contributed by atoms with van der Waals surface area (Å²) in [5.41, 5.74) is 4.12. The van der Waals surface area contributed by atoms with Crippen molar-refractivity contribution in [3.05, 3.63) is 35.7 Å². The lowest BCUT2D eigenvalue weighted by molar-refractivity contribution is 0.600. The summed E-state index contributed by atoms with van der Waals surface area (Å²) in [7, 11) is 1.99. The first-order valence-corrected chi connectivity index (χ1v) is 6.85. The fourth-order valence-electron chi connectivity index (χ4n) is 2.88. The maximum atomic E-state index is 9.52. The Hall–Kier alpha value is -2.08. The number of rotatable bonds is 1. The minimum absolute atomic E-state index is 0.790. The number of allylic oxidation sites excluding steroid dienone is 2. The van der Waals surface area contributed by atoms with E-state index in [4.69, 9.17) is 0 Å². The molecule has 3 rings (SSSR count). The van der Waals surface area contributed by atoms with Crippen LogP contribution in [0.3, 0.4) is 0 Å². The second-order valence-corrected chi connectivity index (χ2v) is 5.13. The van der Waals surface area contributed by atoms with Gasteiger partial charge in [0.25, 0.3) is 0 Å². The quantitative estimate of drug-likeness (QED) is 0.723. The summed E-state index contributed by atoms with van der Waals surface area (Å²) in [4.78, 5) is 4.64. The van der Waals surface area contributed by atoms with E-state index in [1.54, 1.807) is 0 Å². The largest absolute Gasteiger partial charge is 0.327 e. The summed E-state index contributed by atoms with van der Waals surface area (Å²) in [6.45, 7) is 0. The molecular formula is C16H17N3. The molecule has 3 nitrogen and oxygen atoms in total. The van der Waals surface area contributed by atoms with Crippen molar-refractivity contribution >= 4 is 16.6 Å². The Balaban J connectivity index is 2.17. The number of aryl methyl sites for hydroxylation is 1. The van der Waals surface area contributed by atoms with E-state index in [0.717, 1.165) is 35.3 Å². The highest BCUT2D eigenvalue weighted by atomic mass is 15.1. The van der Waals surface area contributed by atoms with Crippen LogP contribution < -0.4 is 0 Å². The molecule has 0 bridgehead atoms. The van der Waals surface area contributed by atoms with Gasteiger partial charge in [0.1, 0.15) is 6.07 Å². The van der Waals surface area contributed by atoms with Crippen LogP contribution in [0.25, 0.3) is 16.6 Å². The number of hydrogen-bond donors (Lipinski definition) is 0. The number of benzene rings is 1. The van der Waals surface area contributed by atoms with Crippen LogP contribution in [0.15, 0.2) is 29.8 Å². The molecule has 0 spiro atoms. The molecule has 1 heterocycles. The van der Waals surface area contributed by atoms with Gasteiger partial charge >= 0.3 is 0 Å². The summed E-state index contributed by atoms with van der Waals surface area (Å²) in [6, 6.07) is 10.4. The first kappa shape index (κ1) is 12.0. The number of nitrogens with zero attached hydrogens (tertiary/aromatic N) is 3. The molecule has 0 aliphatic heterocycles. The van der Waals surface area contributed by atoms with E-state index in [1.807, 2.05) is 35.9 Å². The molecule has 1 aliphatic carbocycles. The van der Waals surface area contributed by atoms with Gasteiger partial charge < -0.3 is 4.57 Å². The van der Waals surface area contributed by atoms with E-state index < -0.39 is 0 Å². The van der Waals surface area contributed by atoms with E-state index in [1.165, 1.54) is 24.8 Å². The maximum absolute atomic E-state index is 9.52. The Morgan fingerprint density at radius 3 is 2.63 bits per heavy atom. The second-order valence-electron chi connectivity index (χ2n) is 5.13. The lowest BCUT2D eigenvalue weighted by atomic mass is 9.91. The van der Waals surface area contributed by atoms with Gasteiger partial charge in [-0.15, -0.1) is 0 Å². The highest BCUT2D eigenvalue weighted by molar-refractivity contribution is 5.84. The van der Waals surface area contributed by atoms with E-state index in [2.05, 4.69) is 11.1 Å². The number of aromatic nitrogens is 2. The maximum Gasteiger partial charge on any atom is 0.151 e. The van der Waals surface area contributed by atoms with Crippen molar-refractivity contribution in [3.63, 3.8) is 0 Å². The van der Waals surface area contributed by atoms with Crippen molar-refractivity contribution in [2.75, 3.05) is 0 Å². The lowest BCUT2D eigenvalue weighted by Gasteiger charge is -2.15. The number of fused-ring (bicyclic) bond motifs is 1. The molecule has 0 N–H and O–H groups in total. The normalized spacial score (nSPS) is 15.5. The van der Waals surface area contributed by atoms with Crippen LogP contribution in [0.4, 0.5) is 0 Å². The van der Waals surface area contributed by atoms with Crippen molar-refractivity contribution in [3.8, 4) is 6.07 Å². The van der Waals surface area contributed by atoms with Crippen LogP contribution in [0.1, 0.15) is 37.9 Å². The molecule has 1 aromatic heterocycles. The van der Waals surface area contributed by atoms with Crippen molar-refractivity contribution < 1.29 is 0 Å². The van der Waals surface area contributed by atoms with Gasteiger partial charge in [-0.2, -0.15) is 5.26 Å². The molecule has 19 heavy (non-hydrogen) atoms. The van der Waals surface area contributed by atoms with Gasteiger partial charge in [-0.1, -0.05) is 18.6 Å². The Bertz CT molecular complexity index is 678. The standard InChI is InChI=1S/C16H17N3/c1-19-15-10-6-5-9-14(15)18-16(19)13(11-17)12-7-3-2-4-8-12/h5-6,9-10H,2-4,7-8H2,1H3. The SMILES string of the molecule is Cn1c(C(C#N)=C2CCCCC2)nc2ccccc21. The zero-order valence-electron chi connectivity index (χ0n) is 11.2.